The van der Waals surface area contributed by atoms with Crippen LogP contribution in [-0.2, 0) is 9.53 Å². The SMILES string of the molecule is C=C([C]=O)CCOC. The molecule has 2 heteroatoms. The Kier molecular flexibility index (Phi) is 4.17. The molecule has 0 heterocycles. The van der Waals surface area contributed by atoms with Crippen molar-refractivity contribution in [1.29, 1.82) is 0 Å². The molecule has 0 aromatic rings. The topological polar surface area (TPSA) is 26.3 Å². The van der Waals surface area contributed by atoms with Gasteiger partial charge < -0.3 is 4.74 Å². The zero-order chi connectivity index (χ0) is 6.41. The minimum Gasteiger partial charge on any atom is -0.384 e. The molecular weight excluding hydrogens is 104 g/mol. The van der Waals surface area contributed by atoms with Crippen molar-refractivity contribution in [3.05, 3.63) is 12.2 Å². The molecule has 0 bridgehead atoms. The zero-order valence-electron chi connectivity index (χ0n) is 4.94. The van der Waals surface area contributed by atoms with Gasteiger partial charge in [-0.2, -0.15) is 0 Å². The molecule has 0 atom stereocenters. The van der Waals surface area contributed by atoms with Crippen molar-refractivity contribution in [2.45, 2.75) is 6.42 Å². The minimum absolute atomic E-state index is 0.465. The lowest BCUT2D eigenvalue weighted by Gasteiger charge is -1.92. The average Bonchev–Trinajstić information content (AvgIpc) is 1.83. The van der Waals surface area contributed by atoms with Crippen LogP contribution in [0.2, 0.25) is 0 Å². The van der Waals surface area contributed by atoms with Crippen LogP contribution in [0.1, 0.15) is 6.42 Å². The van der Waals surface area contributed by atoms with E-state index in [4.69, 9.17) is 0 Å². The second kappa shape index (κ2) is 4.53. The summed E-state index contributed by atoms with van der Waals surface area (Å²) in [6.07, 6.45) is 2.26. The molecule has 0 spiro atoms. The third kappa shape index (κ3) is 3.56. The summed E-state index contributed by atoms with van der Waals surface area (Å²) in [5.74, 6) is 0. The van der Waals surface area contributed by atoms with Gasteiger partial charge in [-0.25, -0.2) is 0 Å². The molecule has 2 nitrogen and oxygen atoms in total. The normalized spacial score (nSPS) is 8.62. The van der Waals surface area contributed by atoms with Crippen LogP contribution in [0.4, 0.5) is 0 Å². The van der Waals surface area contributed by atoms with E-state index in [1.54, 1.807) is 13.4 Å². The Balaban J connectivity index is 3.11. The highest BCUT2D eigenvalue weighted by Crippen LogP contribution is 1.90. The minimum atomic E-state index is 0.465. The van der Waals surface area contributed by atoms with Crippen molar-refractivity contribution in [3.8, 4) is 0 Å². The Morgan fingerprint density at radius 3 is 2.88 bits per heavy atom. The Morgan fingerprint density at radius 1 is 1.88 bits per heavy atom. The largest absolute Gasteiger partial charge is 0.384 e. The summed E-state index contributed by atoms with van der Waals surface area (Å²) in [5, 5.41) is 0. The number of hydrogen-bond donors (Lipinski definition) is 0. The third-order valence-electron chi connectivity index (χ3n) is 0.752. The molecule has 45 valence electrons. The summed E-state index contributed by atoms with van der Waals surface area (Å²) in [6, 6.07) is 0. The molecule has 0 aliphatic heterocycles. The lowest BCUT2D eigenvalue weighted by Crippen LogP contribution is -1.90. The highest BCUT2D eigenvalue weighted by atomic mass is 16.5. The lowest BCUT2D eigenvalue weighted by molar-refractivity contribution is 0.203. The summed E-state index contributed by atoms with van der Waals surface area (Å²) >= 11 is 0. The molecular formula is C6H9O2. The van der Waals surface area contributed by atoms with Crippen molar-refractivity contribution < 1.29 is 9.53 Å². The van der Waals surface area contributed by atoms with E-state index < -0.39 is 0 Å². The van der Waals surface area contributed by atoms with Crippen molar-refractivity contribution in [2.24, 2.45) is 0 Å². The maximum Gasteiger partial charge on any atom is 0.228 e. The smallest absolute Gasteiger partial charge is 0.228 e. The van der Waals surface area contributed by atoms with Crippen molar-refractivity contribution >= 4 is 6.29 Å². The predicted octanol–water partition coefficient (Wildman–Crippen LogP) is 0.689. The van der Waals surface area contributed by atoms with Gasteiger partial charge >= 0.3 is 0 Å². The Bertz CT molecular complexity index is 86.5. The molecule has 0 unspecified atom stereocenters. The molecule has 0 saturated heterocycles. The van der Waals surface area contributed by atoms with Gasteiger partial charge in [0.2, 0.25) is 6.29 Å². The van der Waals surface area contributed by atoms with Gasteiger partial charge in [0.05, 0.1) is 6.61 Å². The summed E-state index contributed by atoms with van der Waals surface area (Å²) in [6.45, 7) is 3.96. The second-order valence-electron chi connectivity index (χ2n) is 1.45. The van der Waals surface area contributed by atoms with E-state index in [0.717, 1.165) is 0 Å². The van der Waals surface area contributed by atoms with Crippen molar-refractivity contribution in [2.75, 3.05) is 13.7 Å². The maximum atomic E-state index is 9.73. The van der Waals surface area contributed by atoms with Crippen LogP contribution in [-0.4, -0.2) is 20.0 Å². The van der Waals surface area contributed by atoms with Gasteiger partial charge in [-0.05, 0) is 12.0 Å². The van der Waals surface area contributed by atoms with Crippen LogP contribution in [0, 0.1) is 0 Å². The van der Waals surface area contributed by atoms with E-state index in [0.29, 0.717) is 18.6 Å². The number of ether oxygens (including phenoxy) is 1. The quantitative estimate of drug-likeness (QED) is 0.501. The molecule has 0 amide bonds. The summed E-state index contributed by atoms with van der Waals surface area (Å²) < 4.78 is 4.67. The second-order valence-corrected chi connectivity index (χ2v) is 1.45. The van der Waals surface area contributed by atoms with Crippen LogP contribution >= 0.6 is 0 Å². The number of rotatable bonds is 4. The summed E-state index contributed by atoms with van der Waals surface area (Å²) in [5.41, 5.74) is 0.465. The first-order chi connectivity index (χ1) is 3.81. The first-order valence-electron chi connectivity index (χ1n) is 2.36. The maximum absolute atomic E-state index is 9.73. The Morgan fingerprint density at radius 2 is 2.50 bits per heavy atom. The van der Waals surface area contributed by atoms with E-state index in [-0.39, 0.29) is 0 Å². The van der Waals surface area contributed by atoms with Gasteiger partial charge in [-0.1, -0.05) is 6.58 Å². The first kappa shape index (κ1) is 7.37. The van der Waals surface area contributed by atoms with Gasteiger partial charge in [-0.15, -0.1) is 0 Å². The van der Waals surface area contributed by atoms with Crippen molar-refractivity contribution in [3.63, 3.8) is 0 Å². The molecule has 0 fully saturated rings. The van der Waals surface area contributed by atoms with E-state index in [9.17, 15) is 4.79 Å². The average molecular weight is 113 g/mol. The van der Waals surface area contributed by atoms with Crippen LogP contribution in [0.3, 0.4) is 0 Å². The fourth-order valence-electron chi connectivity index (χ4n) is 0.276. The molecule has 0 aromatic carbocycles. The van der Waals surface area contributed by atoms with E-state index in [1.807, 2.05) is 0 Å². The highest BCUT2D eigenvalue weighted by Gasteiger charge is 1.88. The first-order valence-corrected chi connectivity index (χ1v) is 2.36. The summed E-state index contributed by atoms with van der Waals surface area (Å²) in [7, 11) is 1.58. The fraction of sp³-hybridized carbons (Fsp3) is 0.500. The monoisotopic (exact) mass is 113 g/mol. The molecule has 0 aliphatic rings. The van der Waals surface area contributed by atoms with Crippen molar-refractivity contribution in [1.82, 2.24) is 0 Å². The summed E-state index contributed by atoms with van der Waals surface area (Å²) in [4.78, 5) is 9.73. The van der Waals surface area contributed by atoms with E-state index in [2.05, 4.69) is 11.3 Å². The van der Waals surface area contributed by atoms with E-state index >= 15 is 0 Å². The number of carbonyl (C=O) groups excluding carboxylic acids is 1. The molecule has 0 aliphatic carbocycles. The molecule has 0 N–H and O–H groups in total. The van der Waals surface area contributed by atoms with Gasteiger partial charge in [0, 0.05) is 7.11 Å². The van der Waals surface area contributed by atoms with Gasteiger partial charge in [-0.3, -0.25) is 4.79 Å². The van der Waals surface area contributed by atoms with E-state index in [1.165, 1.54) is 0 Å². The molecule has 0 saturated carbocycles. The van der Waals surface area contributed by atoms with Crippen LogP contribution in [0.15, 0.2) is 12.2 Å². The number of methoxy groups -OCH3 is 1. The molecule has 0 rings (SSSR count). The Labute approximate surface area is 49.1 Å². The predicted molar refractivity (Wildman–Crippen MR) is 31.3 cm³/mol. The zero-order valence-corrected chi connectivity index (χ0v) is 4.94. The van der Waals surface area contributed by atoms with Gasteiger partial charge in [0.1, 0.15) is 0 Å². The molecule has 8 heavy (non-hydrogen) atoms. The Hall–Kier alpha value is -0.630. The molecule has 0 aromatic heterocycles. The fourth-order valence-corrected chi connectivity index (χ4v) is 0.276. The highest BCUT2D eigenvalue weighted by molar-refractivity contribution is 5.72. The van der Waals surface area contributed by atoms with Gasteiger partial charge in [0.25, 0.3) is 0 Å². The number of hydrogen-bond acceptors (Lipinski definition) is 2. The lowest BCUT2D eigenvalue weighted by atomic mass is 10.2. The standard InChI is InChI=1S/C6H9O2/c1-6(5-7)3-4-8-2/h1,3-4H2,2H3. The van der Waals surface area contributed by atoms with Crippen LogP contribution in [0.25, 0.3) is 0 Å². The van der Waals surface area contributed by atoms with Crippen LogP contribution in [0.5, 0.6) is 0 Å². The van der Waals surface area contributed by atoms with Gasteiger partial charge in [0.15, 0.2) is 0 Å². The third-order valence-corrected chi connectivity index (χ3v) is 0.752. The van der Waals surface area contributed by atoms with Crippen LogP contribution < -0.4 is 0 Å². The molecule has 1 radical (unpaired) electrons.